The Morgan fingerprint density at radius 3 is 1.05 bits per heavy atom. The number of rotatable bonds is 44. The Kier molecular flexibility index (Phi) is 40.5. The average molecular weight is 1080 g/mol. The average Bonchev–Trinajstić information content (AvgIpc) is 3.44. The molecular formula is C73H112N2Ni. The maximum atomic E-state index is 9.90. The van der Waals surface area contributed by atoms with Gasteiger partial charge in [0.05, 0.1) is 5.57 Å². The first-order valence-corrected chi connectivity index (χ1v) is 33.0. The molecule has 4 rings (SSSR count). The quantitative estimate of drug-likeness (QED) is 0.0106. The van der Waals surface area contributed by atoms with Gasteiger partial charge in [0.1, 0.15) is 0 Å². The van der Waals surface area contributed by atoms with E-state index >= 15 is 0 Å². The molecule has 0 N–H and O–H groups in total. The van der Waals surface area contributed by atoms with E-state index in [2.05, 4.69) is 149 Å². The number of allylic oxidation sites excluding steroid dienone is 2. The molecule has 0 aliphatic rings. The Balaban J connectivity index is 0.000000857. The summed E-state index contributed by atoms with van der Waals surface area (Å²) in [5.74, 6) is 3.12. The van der Waals surface area contributed by atoms with Gasteiger partial charge < -0.3 is 5.53 Å². The summed E-state index contributed by atoms with van der Waals surface area (Å²) in [6, 6.07) is 36.2. The van der Waals surface area contributed by atoms with Gasteiger partial charge in [-0.15, -0.1) is 4.79 Å². The molecule has 424 valence electrons. The number of benzene rings is 4. The molecule has 4 aromatic carbocycles. The summed E-state index contributed by atoms with van der Waals surface area (Å²) in [5, 5.41) is 0. The fourth-order valence-corrected chi connectivity index (χ4v) is 11.6. The second kappa shape index (κ2) is 46.2. The third kappa shape index (κ3) is 32.2. The van der Waals surface area contributed by atoms with Crippen LogP contribution in [0.1, 0.15) is 299 Å². The van der Waals surface area contributed by atoms with E-state index in [1.165, 1.54) is 259 Å². The minimum atomic E-state index is 0.895. The molecule has 0 atom stereocenters. The Morgan fingerprint density at radius 2 is 0.711 bits per heavy atom. The molecule has 76 heavy (non-hydrogen) atoms. The summed E-state index contributed by atoms with van der Waals surface area (Å²) >= 11 is 1.61. The van der Waals surface area contributed by atoms with Gasteiger partial charge in [-0.05, 0) is 84.8 Å². The predicted octanol–water partition coefficient (Wildman–Crippen LogP) is 22.2. The molecule has 0 saturated heterocycles. The van der Waals surface area contributed by atoms with Crippen LogP contribution in [0.2, 0.25) is 0 Å². The zero-order valence-corrected chi connectivity index (χ0v) is 51.0. The second-order valence-electron chi connectivity index (χ2n) is 22.5. The molecule has 0 aromatic heterocycles. The molecule has 0 unspecified atom stereocenters. The van der Waals surface area contributed by atoms with Gasteiger partial charge >= 0.3 is 103 Å². The molecule has 0 radical (unpaired) electrons. The van der Waals surface area contributed by atoms with Gasteiger partial charge in [-0.2, -0.15) is 0 Å². The van der Waals surface area contributed by atoms with Gasteiger partial charge in [-0.25, -0.2) is 0 Å². The van der Waals surface area contributed by atoms with Crippen molar-refractivity contribution >= 4 is 20.5 Å². The summed E-state index contributed by atoms with van der Waals surface area (Å²) in [6.07, 6.45) is 51.8. The first kappa shape index (κ1) is 66.6. The minimum absolute atomic E-state index is 0.895. The Morgan fingerprint density at radius 1 is 0.382 bits per heavy atom. The standard InChI is InChI=1S/C59H98N2.2C7H7.Ni/c1-5-9-13-16-19-20-21-22-23-24-25-26-27-28-29-30-31-32-33-35-38-43-54-45-41-48-56(51-54)59(55-47-40-44-53(50-55)42-37-34-17-14-10-6-2)58(49-39-36-18-15-11-7-3)57(52-61-60)46-12-8-4;2*1-7-5-3-2-4-6-7;/h40-41,44-45,47-48,50-51H,5-39,42-43,46,49H2,1-4H3;2*3-6H,1H3;. The van der Waals surface area contributed by atoms with Crippen molar-refractivity contribution in [3.05, 3.63) is 147 Å². The third-order valence-corrected chi connectivity index (χ3v) is 16.6. The van der Waals surface area contributed by atoms with Gasteiger partial charge in [0.25, 0.3) is 0 Å². The van der Waals surface area contributed by atoms with Crippen molar-refractivity contribution in [1.29, 1.82) is 0 Å². The first-order chi connectivity index (χ1) is 37.4. The summed E-state index contributed by atoms with van der Waals surface area (Å²) in [6.45, 7) is 13.4. The molecule has 0 spiro atoms. The third-order valence-electron chi connectivity index (χ3n) is 15.4. The monoisotopic (exact) mass is 1070 g/mol. The van der Waals surface area contributed by atoms with Crippen molar-refractivity contribution in [3.63, 3.8) is 0 Å². The molecule has 0 bridgehead atoms. The molecule has 2 nitrogen and oxygen atoms in total. The van der Waals surface area contributed by atoms with Crippen LogP contribution in [0.3, 0.4) is 0 Å². The van der Waals surface area contributed by atoms with Crippen LogP contribution in [0.4, 0.5) is 0 Å². The molecule has 0 amide bonds. The molecule has 0 aliphatic heterocycles. The Hall–Kier alpha value is -3.73. The molecule has 0 fully saturated rings. The van der Waals surface area contributed by atoms with Crippen LogP contribution in [0.15, 0.2) is 108 Å². The fraction of sp³-hybridized carbons (Fsp3) is 0.616. The second-order valence-corrected chi connectivity index (χ2v) is 23.9. The van der Waals surface area contributed by atoms with E-state index < -0.39 is 0 Å². The van der Waals surface area contributed by atoms with Crippen LogP contribution in [0.5, 0.6) is 0 Å². The van der Waals surface area contributed by atoms with Crippen LogP contribution in [-0.2, 0) is 27.3 Å². The van der Waals surface area contributed by atoms with Crippen LogP contribution in [0, 0.1) is 13.8 Å². The molecule has 3 heteroatoms. The molecular weight excluding hydrogens is 964 g/mol. The van der Waals surface area contributed by atoms with Gasteiger partial charge in [-0.3, -0.25) is 0 Å². The van der Waals surface area contributed by atoms with Crippen molar-refractivity contribution in [3.8, 4) is 0 Å². The van der Waals surface area contributed by atoms with Gasteiger partial charge in [-0.1, -0.05) is 275 Å². The number of hydrogen-bond donors (Lipinski definition) is 0. The van der Waals surface area contributed by atoms with Crippen LogP contribution >= 0.6 is 0 Å². The van der Waals surface area contributed by atoms with Crippen molar-refractivity contribution < 1.29 is 19.2 Å². The zero-order chi connectivity index (χ0) is 54.4. The molecule has 4 aromatic rings. The number of hydrogen-bond acceptors (Lipinski definition) is 0. The summed E-state index contributed by atoms with van der Waals surface area (Å²) in [7, 11) is 0. The van der Waals surface area contributed by atoms with Crippen LogP contribution in [0.25, 0.3) is 11.1 Å². The number of nitrogens with zero attached hydrogens (tertiary/aromatic N) is 2. The van der Waals surface area contributed by atoms with E-state index in [0.717, 1.165) is 50.5 Å². The van der Waals surface area contributed by atoms with E-state index in [9.17, 15) is 5.53 Å². The summed E-state index contributed by atoms with van der Waals surface area (Å²) < 4.78 is 2.63. The van der Waals surface area contributed by atoms with E-state index in [0.29, 0.717) is 0 Å². The SMILES string of the molecule is CCCCCCCCCCCCCCCCCCCCCCCc1cccc(C(=C(CCCCCCCC)C(=C=[N+]=[N-])CCCC)c2cccc(CCCCCCCC)c2)c1.Cc1cc[c]([Ni][c]2ccc(C)cc2)cc1. The normalized spacial score (nSPS) is 11.5. The van der Waals surface area contributed by atoms with Crippen molar-refractivity contribution in [2.24, 2.45) is 0 Å². The van der Waals surface area contributed by atoms with Crippen LogP contribution < -0.4 is 9.07 Å². The number of aryl methyl sites for hydroxylation is 4. The maximum absolute atomic E-state index is 9.90. The van der Waals surface area contributed by atoms with E-state index in [1.807, 2.05) is 0 Å². The van der Waals surface area contributed by atoms with E-state index in [4.69, 9.17) is 0 Å². The van der Waals surface area contributed by atoms with Gasteiger partial charge in [0.2, 0.25) is 0 Å². The van der Waals surface area contributed by atoms with E-state index in [1.54, 1.807) is 14.4 Å². The van der Waals surface area contributed by atoms with Crippen molar-refractivity contribution in [2.75, 3.05) is 0 Å². The molecule has 0 aliphatic carbocycles. The van der Waals surface area contributed by atoms with Crippen molar-refractivity contribution in [1.82, 2.24) is 0 Å². The molecule has 0 saturated carbocycles. The van der Waals surface area contributed by atoms with Crippen molar-refractivity contribution in [2.45, 2.75) is 292 Å². The first-order valence-electron chi connectivity index (χ1n) is 32.0. The Labute approximate surface area is 476 Å². The number of unbranched alkanes of at least 4 members (excludes halogenated alkanes) is 31. The predicted molar refractivity (Wildman–Crippen MR) is 334 cm³/mol. The van der Waals surface area contributed by atoms with Gasteiger partial charge in [0, 0.05) is 0 Å². The topological polar surface area (TPSA) is 36.4 Å². The summed E-state index contributed by atoms with van der Waals surface area (Å²) in [5.41, 5.74) is 21.8. The Bertz CT molecular complexity index is 2090. The fourth-order valence-electron chi connectivity index (χ4n) is 10.6. The van der Waals surface area contributed by atoms with E-state index in [-0.39, 0.29) is 0 Å². The molecule has 0 heterocycles. The zero-order valence-electron chi connectivity index (χ0n) is 50.0. The summed E-state index contributed by atoms with van der Waals surface area (Å²) in [4.78, 5) is 3.55. The van der Waals surface area contributed by atoms with Crippen LogP contribution in [-0.4, -0.2) is 10.7 Å². The van der Waals surface area contributed by atoms with Gasteiger partial charge in [0.15, 0.2) is 0 Å².